The number of ether oxygens (including phenoxy) is 1. The summed E-state index contributed by atoms with van der Waals surface area (Å²) in [5.41, 5.74) is 0.942. The molecule has 3 rings (SSSR count). The van der Waals surface area contributed by atoms with Crippen LogP contribution in [0, 0.1) is 11.3 Å². The van der Waals surface area contributed by atoms with Gasteiger partial charge in [0.05, 0.1) is 11.4 Å². The molecule has 30 heavy (non-hydrogen) atoms. The normalized spacial score (nSPS) is 15.6. The van der Waals surface area contributed by atoms with Gasteiger partial charge in [-0.2, -0.15) is 5.26 Å². The van der Waals surface area contributed by atoms with E-state index >= 15 is 0 Å². The summed E-state index contributed by atoms with van der Waals surface area (Å²) < 4.78 is 31.8. The summed E-state index contributed by atoms with van der Waals surface area (Å²) in [6.45, 7) is 5.00. The lowest BCUT2D eigenvalue weighted by atomic mass is 10.0. The fourth-order valence-corrected chi connectivity index (χ4v) is 4.03. The highest BCUT2D eigenvalue weighted by atomic mass is 32.2. The van der Waals surface area contributed by atoms with Gasteiger partial charge in [0.25, 0.3) is 5.91 Å². The molecule has 2 aromatic carbocycles. The second kappa shape index (κ2) is 8.23. The monoisotopic (exact) mass is 423 g/mol. The van der Waals surface area contributed by atoms with E-state index in [0.717, 1.165) is 0 Å². The molecular formula is C21H17N3O5S. The number of sulfonamides is 1. The van der Waals surface area contributed by atoms with Gasteiger partial charge in [-0.15, -0.1) is 0 Å². The Balaban J connectivity index is 1.94. The van der Waals surface area contributed by atoms with Crippen LogP contribution in [0.5, 0.6) is 5.75 Å². The summed E-state index contributed by atoms with van der Waals surface area (Å²) in [4.78, 5) is 24.4. The summed E-state index contributed by atoms with van der Waals surface area (Å²) in [5.74, 6) is -1.50. The second-order valence-electron chi connectivity index (χ2n) is 6.53. The van der Waals surface area contributed by atoms with Gasteiger partial charge in [-0.1, -0.05) is 36.9 Å². The predicted molar refractivity (Wildman–Crippen MR) is 110 cm³/mol. The van der Waals surface area contributed by atoms with Crippen molar-refractivity contribution in [3.8, 4) is 11.8 Å². The van der Waals surface area contributed by atoms with Crippen LogP contribution in [0.1, 0.15) is 18.1 Å². The zero-order chi connectivity index (χ0) is 21.9. The topological polar surface area (TPSA) is 125 Å². The summed E-state index contributed by atoms with van der Waals surface area (Å²) in [6, 6.07) is 14.4. The van der Waals surface area contributed by atoms with Crippen molar-refractivity contribution < 1.29 is 22.7 Å². The Morgan fingerprint density at radius 1 is 1.20 bits per heavy atom. The van der Waals surface area contributed by atoms with E-state index in [0.29, 0.717) is 11.1 Å². The van der Waals surface area contributed by atoms with Crippen LogP contribution < -0.4 is 14.8 Å². The Kier molecular flexibility index (Phi) is 5.71. The number of nitrogens with zero attached hydrogens (tertiary/aromatic N) is 1. The SMILES string of the molecule is C=C(C)C(=O)Oc1cccc(NC(=O)C(C#N)=C2NS(=O)(=O)Cc3ccccc32)c1. The molecule has 0 aliphatic carbocycles. The van der Waals surface area contributed by atoms with Crippen molar-refractivity contribution in [2.24, 2.45) is 0 Å². The number of carbonyl (C=O) groups excluding carboxylic acids is 2. The Bertz CT molecular complexity index is 1240. The van der Waals surface area contributed by atoms with Crippen molar-refractivity contribution in [2.45, 2.75) is 12.7 Å². The van der Waals surface area contributed by atoms with E-state index in [-0.39, 0.29) is 28.5 Å². The third kappa shape index (κ3) is 4.56. The summed E-state index contributed by atoms with van der Waals surface area (Å²) in [7, 11) is -3.74. The highest BCUT2D eigenvalue weighted by molar-refractivity contribution is 7.89. The quantitative estimate of drug-likeness (QED) is 0.337. The molecule has 1 aliphatic heterocycles. The molecule has 1 amide bonds. The molecule has 0 fully saturated rings. The Hall–Kier alpha value is -3.90. The van der Waals surface area contributed by atoms with Gasteiger partial charge in [-0.25, -0.2) is 13.2 Å². The van der Waals surface area contributed by atoms with Crippen molar-refractivity contribution in [3.05, 3.63) is 77.4 Å². The highest BCUT2D eigenvalue weighted by Gasteiger charge is 2.28. The highest BCUT2D eigenvalue weighted by Crippen LogP contribution is 2.28. The van der Waals surface area contributed by atoms with Crippen LogP contribution in [0.3, 0.4) is 0 Å². The van der Waals surface area contributed by atoms with Gasteiger partial charge < -0.3 is 10.1 Å². The molecule has 0 spiro atoms. The van der Waals surface area contributed by atoms with E-state index in [1.54, 1.807) is 36.4 Å². The summed E-state index contributed by atoms with van der Waals surface area (Å²) in [5, 5.41) is 12.1. The van der Waals surface area contributed by atoms with Crippen LogP contribution in [0.25, 0.3) is 5.70 Å². The zero-order valence-corrected chi connectivity index (χ0v) is 16.7. The first-order valence-electron chi connectivity index (χ1n) is 8.72. The third-order valence-corrected chi connectivity index (χ3v) is 5.34. The van der Waals surface area contributed by atoms with E-state index in [1.807, 2.05) is 0 Å². The van der Waals surface area contributed by atoms with Gasteiger partial charge in [0.15, 0.2) is 0 Å². The van der Waals surface area contributed by atoms with Crippen LogP contribution in [-0.4, -0.2) is 20.3 Å². The first kappa shape index (κ1) is 20.8. The average molecular weight is 423 g/mol. The van der Waals surface area contributed by atoms with Crippen LogP contribution in [-0.2, 0) is 25.4 Å². The number of carbonyl (C=O) groups is 2. The van der Waals surface area contributed by atoms with Gasteiger partial charge in [0.2, 0.25) is 10.0 Å². The molecule has 0 atom stereocenters. The van der Waals surface area contributed by atoms with Crippen LogP contribution >= 0.6 is 0 Å². The van der Waals surface area contributed by atoms with E-state index in [4.69, 9.17) is 4.74 Å². The molecule has 0 radical (unpaired) electrons. The van der Waals surface area contributed by atoms with E-state index < -0.39 is 27.5 Å². The van der Waals surface area contributed by atoms with Gasteiger partial charge in [0.1, 0.15) is 17.4 Å². The van der Waals surface area contributed by atoms with Gasteiger partial charge >= 0.3 is 5.97 Å². The summed E-state index contributed by atoms with van der Waals surface area (Å²) in [6.07, 6.45) is 0. The van der Waals surface area contributed by atoms with Crippen LogP contribution in [0.4, 0.5) is 5.69 Å². The number of esters is 1. The van der Waals surface area contributed by atoms with Crippen molar-refractivity contribution in [3.63, 3.8) is 0 Å². The molecule has 2 aromatic rings. The Morgan fingerprint density at radius 3 is 2.63 bits per heavy atom. The number of anilines is 1. The number of nitrogens with one attached hydrogen (secondary N) is 2. The van der Waals surface area contributed by atoms with Crippen LogP contribution in [0.2, 0.25) is 0 Å². The molecule has 1 aliphatic rings. The van der Waals surface area contributed by atoms with Crippen molar-refractivity contribution in [1.82, 2.24) is 4.72 Å². The molecule has 0 saturated heterocycles. The number of fused-ring (bicyclic) bond motifs is 1. The standard InChI is InChI=1S/C21H17N3O5S/c1-13(2)21(26)29-16-8-5-7-15(10-16)23-20(25)18(11-22)19-17-9-4-3-6-14(17)12-30(27,28)24-19/h3-10,24H,1,12H2,2H3,(H,23,25). The average Bonchev–Trinajstić information content (AvgIpc) is 2.67. The van der Waals surface area contributed by atoms with Gasteiger partial charge in [-0.3, -0.25) is 9.52 Å². The zero-order valence-electron chi connectivity index (χ0n) is 15.9. The predicted octanol–water partition coefficient (Wildman–Crippen LogP) is 2.47. The minimum Gasteiger partial charge on any atom is -0.423 e. The minimum atomic E-state index is -3.74. The number of rotatable bonds is 4. The lowest BCUT2D eigenvalue weighted by Crippen LogP contribution is -2.32. The maximum absolute atomic E-state index is 12.8. The maximum atomic E-state index is 12.8. The minimum absolute atomic E-state index is 0.0817. The molecule has 8 nitrogen and oxygen atoms in total. The second-order valence-corrected chi connectivity index (χ2v) is 8.25. The number of hydrogen-bond donors (Lipinski definition) is 2. The lowest BCUT2D eigenvalue weighted by Gasteiger charge is -2.22. The number of amides is 1. The van der Waals surface area contributed by atoms with Gasteiger partial charge in [-0.05, 0) is 24.6 Å². The molecule has 1 heterocycles. The molecular weight excluding hydrogens is 406 g/mol. The number of hydrogen-bond acceptors (Lipinski definition) is 6. The first-order chi connectivity index (χ1) is 14.2. The van der Waals surface area contributed by atoms with E-state index in [1.165, 1.54) is 25.1 Å². The molecule has 0 bridgehead atoms. The Morgan fingerprint density at radius 2 is 1.93 bits per heavy atom. The fourth-order valence-electron chi connectivity index (χ4n) is 2.77. The van der Waals surface area contributed by atoms with Crippen molar-refractivity contribution in [1.29, 1.82) is 5.26 Å². The molecule has 152 valence electrons. The third-order valence-electron chi connectivity index (χ3n) is 4.13. The Labute approximate surface area is 173 Å². The molecule has 9 heteroatoms. The molecule has 0 saturated carbocycles. The molecule has 0 unspecified atom stereocenters. The maximum Gasteiger partial charge on any atom is 0.338 e. The van der Waals surface area contributed by atoms with Crippen molar-refractivity contribution in [2.75, 3.05) is 5.32 Å². The van der Waals surface area contributed by atoms with E-state index in [9.17, 15) is 23.3 Å². The smallest absolute Gasteiger partial charge is 0.338 e. The largest absolute Gasteiger partial charge is 0.423 e. The molecule has 0 aromatic heterocycles. The first-order valence-corrected chi connectivity index (χ1v) is 10.4. The lowest BCUT2D eigenvalue weighted by molar-refractivity contribution is -0.130. The fraction of sp³-hybridized carbons (Fsp3) is 0.0952. The summed E-state index contributed by atoms with van der Waals surface area (Å²) >= 11 is 0. The van der Waals surface area contributed by atoms with Crippen molar-refractivity contribution >= 4 is 33.3 Å². The van der Waals surface area contributed by atoms with E-state index in [2.05, 4.69) is 16.6 Å². The number of nitriles is 1. The van der Waals surface area contributed by atoms with Crippen LogP contribution in [0.15, 0.2) is 66.3 Å². The molecule has 2 N–H and O–H groups in total. The van der Waals surface area contributed by atoms with Gasteiger partial charge in [0, 0.05) is 22.9 Å². The number of benzene rings is 2.